The van der Waals surface area contributed by atoms with E-state index in [1.54, 1.807) is 0 Å². The van der Waals surface area contributed by atoms with E-state index >= 15 is 0 Å². The molecule has 0 aromatic carbocycles. The molecule has 0 fully saturated rings. The molecule has 0 spiro atoms. The van der Waals surface area contributed by atoms with Crippen LogP contribution in [0.1, 0.15) is 38.1 Å². The van der Waals surface area contributed by atoms with Crippen LogP contribution in [0.15, 0.2) is 24.5 Å². The lowest BCUT2D eigenvalue weighted by Gasteiger charge is -2.45. The SMILES string of the molecule is CCOP(=O)(OCC)C(C)(C)NC(NC(=O)c1cccnc1)(C(F)(F)F)C(F)(F)F. The first-order chi connectivity index (χ1) is 13.6. The summed E-state index contributed by atoms with van der Waals surface area (Å²) >= 11 is 0. The summed E-state index contributed by atoms with van der Waals surface area (Å²) in [4.78, 5) is 15.7. The molecule has 30 heavy (non-hydrogen) atoms. The molecule has 1 aromatic rings. The molecule has 1 rings (SSSR count). The Balaban J connectivity index is 3.57. The largest absolute Gasteiger partial charge is 0.434 e. The predicted octanol–water partition coefficient (Wildman–Crippen LogP) is 4.22. The van der Waals surface area contributed by atoms with Crippen LogP contribution in [0.4, 0.5) is 26.3 Å². The van der Waals surface area contributed by atoms with Gasteiger partial charge in [-0.25, -0.2) is 0 Å². The van der Waals surface area contributed by atoms with Crippen LogP contribution in [0.25, 0.3) is 0 Å². The van der Waals surface area contributed by atoms with E-state index in [9.17, 15) is 35.7 Å². The fraction of sp³-hybridized carbons (Fsp3) is 0.625. The minimum atomic E-state index is -6.09. The third-order valence-corrected chi connectivity index (χ3v) is 6.53. The second-order valence-corrected chi connectivity index (χ2v) is 9.09. The first-order valence-corrected chi connectivity index (χ1v) is 10.2. The van der Waals surface area contributed by atoms with Gasteiger partial charge < -0.3 is 14.4 Å². The highest BCUT2D eigenvalue weighted by molar-refractivity contribution is 7.55. The zero-order chi connectivity index (χ0) is 23.4. The van der Waals surface area contributed by atoms with Gasteiger partial charge in [-0.3, -0.25) is 19.7 Å². The van der Waals surface area contributed by atoms with Crippen LogP contribution >= 0.6 is 7.60 Å². The molecule has 0 bridgehead atoms. The van der Waals surface area contributed by atoms with E-state index in [1.807, 2.05) is 0 Å². The maximum Gasteiger partial charge on any atom is 0.434 e. The van der Waals surface area contributed by atoms with Gasteiger partial charge in [0.25, 0.3) is 11.6 Å². The van der Waals surface area contributed by atoms with E-state index < -0.39 is 42.4 Å². The molecular weight excluding hydrogens is 443 g/mol. The first-order valence-electron chi connectivity index (χ1n) is 8.61. The Bertz CT molecular complexity index is 746. The number of hydrogen-bond acceptors (Lipinski definition) is 6. The molecule has 0 saturated carbocycles. The van der Waals surface area contributed by atoms with Crippen molar-refractivity contribution >= 4 is 13.5 Å². The van der Waals surface area contributed by atoms with Gasteiger partial charge in [0.1, 0.15) is 5.28 Å². The monoisotopic (exact) mass is 465 g/mol. The second kappa shape index (κ2) is 9.21. The Hall–Kier alpha value is -1.69. The average molecular weight is 465 g/mol. The van der Waals surface area contributed by atoms with Gasteiger partial charge in [-0.15, -0.1) is 0 Å². The molecule has 14 heteroatoms. The van der Waals surface area contributed by atoms with Crippen LogP contribution in [0.3, 0.4) is 0 Å². The second-order valence-electron chi connectivity index (χ2n) is 6.46. The van der Waals surface area contributed by atoms with Crippen molar-refractivity contribution in [1.29, 1.82) is 0 Å². The van der Waals surface area contributed by atoms with Gasteiger partial charge in [0.15, 0.2) is 0 Å². The minimum absolute atomic E-state index is 0.310. The number of aromatic nitrogens is 1. The summed E-state index contributed by atoms with van der Waals surface area (Å²) in [6, 6.07) is 2.14. The van der Waals surface area contributed by atoms with Gasteiger partial charge in [0.2, 0.25) is 0 Å². The Morgan fingerprint density at radius 3 is 1.93 bits per heavy atom. The normalized spacial score (nSPS) is 13.9. The molecule has 172 valence electrons. The maximum absolute atomic E-state index is 13.9. The van der Waals surface area contributed by atoms with Crippen molar-refractivity contribution in [2.75, 3.05) is 13.2 Å². The van der Waals surface area contributed by atoms with Crippen LogP contribution in [0, 0.1) is 0 Å². The number of halogens is 6. The zero-order valence-corrected chi connectivity index (χ0v) is 17.4. The number of alkyl halides is 6. The first kappa shape index (κ1) is 26.3. The summed E-state index contributed by atoms with van der Waals surface area (Å²) in [5.74, 6) is -1.70. The molecule has 0 radical (unpaired) electrons. The Kier molecular flexibility index (Phi) is 8.09. The van der Waals surface area contributed by atoms with Gasteiger partial charge in [0, 0.05) is 12.4 Å². The van der Waals surface area contributed by atoms with Crippen molar-refractivity contribution in [2.24, 2.45) is 0 Å². The number of nitrogens with zero attached hydrogens (tertiary/aromatic N) is 1. The van der Waals surface area contributed by atoms with Crippen molar-refractivity contribution in [3.8, 4) is 0 Å². The average Bonchev–Trinajstić information content (AvgIpc) is 2.60. The molecule has 1 amide bonds. The van der Waals surface area contributed by atoms with E-state index in [-0.39, 0.29) is 13.2 Å². The van der Waals surface area contributed by atoms with Crippen molar-refractivity contribution < 1.29 is 44.7 Å². The smallest absolute Gasteiger partial charge is 0.318 e. The fourth-order valence-corrected chi connectivity index (χ4v) is 4.15. The summed E-state index contributed by atoms with van der Waals surface area (Å²) < 4.78 is 106. The zero-order valence-electron chi connectivity index (χ0n) is 16.5. The summed E-state index contributed by atoms with van der Waals surface area (Å²) in [5, 5.41) is -0.272. The highest BCUT2D eigenvalue weighted by Crippen LogP contribution is 2.60. The lowest BCUT2D eigenvalue weighted by Crippen LogP contribution is -2.78. The topological polar surface area (TPSA) is 89.5 Å². The standard InChI is InChI=1S/C16H22F6N3O4P/c1-5-28-30(27,29-6-2)13(3,4)25-14(15(17,18)19,16(20,21)22)24-12(26)11-8-7-9-23-10-11/h7-10,25H,5-6H2,1-4H3,(H,24,26). The highest BCUT2D eigenvalue weighted by atomic mass is 31.2. The Labute approximate surface area is 169 Å². The van der Waals surface area contributed by atoms with Crippen LogP contribution in [0.5, 0.6) is 0 Å². The third-order valence-electron chi connectivity index (χ3n) is 3.85. The van der Waals surface area contributed by atoms with Crippen LogP contribution in [-0.2, 0) is 13.6 Å². The van der Waals surface area contributed by atoms with Crippen molar-refractivity contribution in [2.45, 2.75) is 51.0 Å². The van der Waals surface area contributed by atoms with E-state index in [1.165, 1.54) is 25.4 Å². The molecule has 0 unspecified atom stereocenters. The van der Waals surface area contributed by atoms with Gasteiger partial charge in [0.05, 0.1) is 18.8 Å². The molecule has 1 heterocycles. The van der Waals surface area contributed by atoms with E-state index in [0.717, 1.165) is 37.5 Å². The van der Waals surface area contributed by atoms with Gasteiger partial charge in [-0.2, -0.15) is 26.3 Å². The molecule has 0 atom stereocenters. The molecule has 0 aliphatic rings. The van der Waals surface area contributed by atoms with Gasteiger partial charge in [-0.1, -0.05) is 0 Å². The van der Waals surface area contributed by atoms with Crippen molar-refractivity contribution in [1.82, 2.24) is 15.6 Å². The van der Waals surface area contributed by atoms with Crippen LogP contribution in [0.2, 0.25) is 0 Å². The molecular formula is C16H22F6N3O4P. The fourth-order valence-electron chi connectivity index (χ4n) is 2.44. The van der Waals surface area contributed by atoms with E-state index in [2.05, 4.69) is 4.98 Å². The summed E-state index contributed by atoms with van der Waals surface area (Å²) in [5.41, 5.74) is -5.52. The number of carbonyl (C=O) groups is 1. The van der Waals surface area contributed by atoms with Crippen LogP contribution < -0.4 is 10.6 Å². The van der Waals surface area contributed by atoms with Gasteiger partial charge >= 0.3 is 19.9 Å². The summed E-state index contributed by atoms with van der Waals surface area (Å²) in [6.45, 7) is 3.65. The van der Waals surface area contributed by atoms with E-state index in [4.69, 9.17) is 9.05 Å². The molecule has 0 saturated heterocycles. The number of nitrogens with one attached hydrogen (secondary N) is 2. The number of hydrogen-bond donors (Lipinski definition) is 2. The van der Waals surface area contributed by atoms with Crippen molar-refractivity contribution in [3.05, 3.63) is 30.1 Å². The summed E-state index contributed by atoms with van der Waals surface area (Å²) in [7, 11) is -4.55. The Morgan fingerprint density at radius 2 is 1.57 bits per heavy atom. The molecule has 2 N–H and O–H groups in total. The molecule has 0 aliphatic carbocycles. The summed E-state index contributed by atoms with van der Waals surface area (Å²) in [6.07, 6.45) is -10.2. The minimum Gasteiger partial charge on any atom is -0.318 e. The lowest BCUT2D eigenvalue weighted by atomic mass is 10.1. The highest BCUT2D eigenvalue weighted by Gasteiger charge is 2.74. The lowest BCUT2D eigenvalue weighted by molar-refractivity contribution is -0.317. The maximum atomic E-state index is 13.9. The molecule has 1 aromatic heterocycles. The van der Waals surface area contributed by atoms with Crippen LogP contribution in [-0.4, -0.2) is 47.4 Å². The van der Waals surface area contributed by atoms with Gasteiger partial charge in [-0.05, 0) is 39.8 Å². The predicted molar refractivity (Wildman–Crippen MR) is 94.6 cm³/mol. The number of pyridine rings is 1. The third kappa shape index (κ3) is 5.32. The number of rotatable bonds is 9. The number of amides is 1. The Morgan fingerprint density at radius 1 is 1.07 bits per heavy atom. The molecule has 0 aliphatic heterocycles. The van der Waals surface area contributed by atoms with Crippen molar-refractivity contribution in [3.63, 3.8) is 0 Å². The molecule has 7 nitrogen and oxygen atoms in total. The number of carbonyl (C=O) groups excluding carboxylic acids is 1. The quantitative estimate of drug-likeness (QED) is 0.323. The van der Waals surface area contributed by atoms with E-state index in [0.29, 0.717) is 0 Å².